The lowest BCUT2D eigenvalue weighted by Crippen LogP contribution is -2.37. The van der Waals surface area contributed by atoms with Crippen molar-refractivity contribution < 1.29 is 67.2 Å². The van der Waals surface area contributed by atoms with E-state index in [0.29, 0.717) is 42.4 Å². The number of hydrogen-bond acceptors (Lipinski definition) is 15. The molecule has 10 aromatic rings. The number of nitrogens with one attached hydrogen (secondary N) is 4. The molecule has 0 bridgehead atoms. The molecule has 0 spiro atoms. The van der Waals surface area contributed by atoms with Gasteiger partial charge in [-0.05, 0) is 224 Å². The Bertz CT molecular complexity index is 5170. The normalized spacial score (nSPS) is 15.8. The van der Waals surface area contributed by atoms with E-state index >= 15 is 0 Å². The van der Waals surface area contributed by atoms with Gasteiger partial charge in [0.25, 0.3) is 0 Å². The maximum Gasteiger partial charge on any atom is 0.248 e. The van der Waals surface area contributed by atoms with Crippen LogP contribution in [-0.4, -0.2) is 138 Å². The van der Waals surface area contributed by atoms with E-state index in [1.165, 1.54) is 18.5 Å². The molecule has 1 aromatic heterocycles. The number of sulfonamides is 2. The molecule has 22 nitrogen and oxygen atoms in total. The number of anilines is 3. The third-order valence-corrected chi connectivity index (χ3v) is 23.9. The molecule has 1 aliphatic heterocycles. The summed E-state index contributed by atoms with van der Waals surface area (Å²) in [5, 5.41) is 27.0. The smallest absolute Gasteiger partial charge is 0.248 e. The number of aromatic nitrogens is 3. The summed E-state index contributed by atoms with van der Waals surface area (Å²) in [7, 11) is 4.15. The van der Waals surface area contributed by atoms with E-state index in [4.69, 9.17) is 18.9 Å². The Morgan fingerprint density at radius 2 is 1.10 bits per heavy atom. The lowest BCUT2D eigenvalue weighted by molar-refractivity contribution is -0.134. The maximum absolute atomic E-state index is 13.4. The predicted octanol–water partition coefficient (Wildman–Crippen LogP) is 13.6. The molecular weight excluding hydrogens is 1380 g/mol. The number of benzene rings is 9. The number of ether oxygens (including phenoxy) is 4. The quantitative estimate of drug-likeness (QED) is 0.0376. The molecule has 5 N–H and O–H groups in total. The zero-order valence-corrected chi connectivity index (χ0v) is 62.1. The Morgan fingerprint density at radius 1 is 0.575 bits per heavy atom. The second-order valence-electron chi connectivity index (χ2n) is 27.2. The number of aryl methyl sites for hydroxylation is 2. The van der Waals surface area contributed by atoms with Crippen molar-refractivity contribution in [3.63, 3.8) is 0 Å². The standard InChI is InChI=1S/C29H32N2O6S.C29H32N2O4.C24H23N5O3S.5H2/c1-36-26-13-10-22(18-27(26)37-2)29(14-15-29)28(33)30-23-6-3-5-21(17-23)20-8-11-25(12-9-20)38(34,35)31-16-4-7-24(31)19-32;1-20-8-13-24(30-28(33)29(14-15-29)23-6-5-7-25(16-23)35-4)17-26(20)22-11-9-21(10-12-22)18-31(2)27(32)19-34-3;1-25-33(31,32)20-9-6-16(7-10-20)17-4-3-5-19(14-17)26-23(30)24(12-13-24)18-8-11-22-21(15-18)27-28-29(22)2;;;;;/h3,5-6,8-13,17-18,24,32H,4,7,14-16,19H2,1-2H3,(H,30,33);5-13,16-17H,14-15,18-19H2,1-4H3,(H,30,33);3-11,14-15,25H,12-13H2,1-2H3,(H,26,30);5*1H/t24-;;;;;;;/m1......./s1. The van der Waals surface area contributed by atoms with Crippen molar-refractivity contribution in [2.75, 3.05) is 78.2 Å². The van der Waals surface area contributed by atoms with E-state index < -0.39 is 36.3 Å². The van der Waals surface area contributed by atoms with Gasteiger partial charge >= 0.3 is 0 Å². The molecule has 3 saturated carbocycles. The number of rotatable bonds is 24. The lowest BCUT2D eigenvalue weighted by Gasteiger charge is -2.22. The van der Waals surface area contributed by atoms with Gasteiger partial charge in [0.05, 0.1) is 59.5 Å². The monoisotopic (exact) mass is 1480 g/mol. The van der Waals surface area contributed by atoms with Crippen LogP contribution in [0.4, 0.5) is 17.1 Å². The minimum Gasteiger partial charge on any atom is -0.497 e. The van der Waals surface area contributed by atoms with Gasteiger partial charge in [0, 0.05) is 64.5 Å². The van der Waals surface area contributed by atoms with Gasteiger partial charge in [-0.25, -0.2) is 26.2 Å². The van der Waals surface area contributed by atoms with Crippen molar-refractivity contribution in [2.45, 2.75) is 96.9 Å². The summed E-state index contributed by atoms with van der Waals surface area (Å²) in [5.74, 6) is 1.81. The Labute approximate surface area is 625 Å². The van der Waals surface area contributed by atoms with E-state index in [-0.39, 0.29) is 59.8 Å². The first-order chi connectivity index (χ1) is 51.0. The largest absolute Gasteiger partial charge is 0.497 e. The lowest BCUT2D eigenvalue weighted by atomic mass is 9.94. The Balaban J connectivity index is 0.000000227. The average molecular weight is 1480 g/mol. The first-order valence-electron chi connectivity index (χ1n) is 35.0. The van der Waals surface area contributed by atoms with Gasteiger partial charge in [0.1, 0.15) is 17.9 Å². The van der Waals surface area contributed by atoms with Gasteiger partial charge in [-0.3, -0.25) is 19.2 Å². The highest BCUT2D eigenvalue weighted by atomic mass is 32.2. The molecule has 14 rings (SSSR count). The molecule has 1 atom stereocenters. The number of aliphatic hydroxyl groups is 1. The molecule has 560 valence electrons. The van der Waals surface area contributed by atoms with Gasteiger partial charge in [-0.15, -0.1) is 5.10 Å². The Hall–Kier alpha value is -10.6. The average Bonchev–Trinajstić information content (AvgIpc) is 1.61. The van der Waals surface area contributed by atoms with Crippen LogP contribution in [0, 0.1) is 6.92 Å². The highest BCUT2D eigenvalue weighted by Gasteiger charge is 2.53. The minimum atomic E-state index is -3.67. The number of carbonyl (C=O) groups excluding carboxylic acids is 4. The van der Waals surface area contributed by atoms with Gasteiger partial charge in [-0.2, -0.15) is 4.31 Å². The number of methoxy groups -OCH3 is 4. The number of nitrogens with zero attached hydrogens (tertiary/aromatic N) is 5. The number of carbonyl (C=O) groups is 4. The van der Waals surface area contributed by atoms with Crippen LogP contribution >= 0.6 is 0 Å². The molecule has 0 unspecified atom stereocenters. The molecule has 2 heterocycles. The van der Waals surface area contributed by atoms with E-state index in [0.717, 1.165) is 129 Å². The summed E-state index contributed by atoms with van der Waals surface area (Å²) < 4.78 is 76.5. The second kappa shape index (κ2) is 31.6. The third-order valence-electron chi connectivity index (χ3n) is 20.5. The minimum absolute atomic E-state index is 0. The van der Waals surface area contributed by atoms with Crippen molar-refractivity contribution >= 4 is 71.8 Å². The Kier molecular flexibility index (Phi) is 22.4. The van der Waals surface area contributed by atoms with Gasteiger partial charge in [0.2, 0.25) is 43.7 Å². The number of fused-ring (bicyclic) bond motifs is 1. The highest BCUT2D eigenvalue weighted by Crippen LogP contribution is 2.53. The fourth-order valence-electron chi connectivity index (χ4n) is 13.6. The van der Waals surface area contributed by atoms with E-state index in [9.17, 15) is 41.1 Å². The fourth-order valence-corrected chi connectivity index (χ4v) is 16.0. The fraction of sp³-hybridized carbons (Fsp3) is 0.293. The molecule has 3 aliphatic carbocycles. The molecule has 1 saturated heterocycles. The van der Waals surface area contributed by atoms with Crippen molar-refractivity contribution in [2.24, 2.45) is 7.05 Å². The molecular formula is C82H97N9O13S2. The number of likely N-dealkylation sites (N-methyl/N-ethyl adjacent to an activating group) is 1. The molecule has 4 fully saturated rings. The van der Waals surface area contributed by atoms with E-state index in [1.54, 1.807) is 86.5 Å². The van der Waals surface area contributed by atoms with Crippen LogP contribution in [0.1, 0.15) is 86.3 Å². The van der Waals surface area contributed by atoms with Crippen molar-refractivity contribution in [1.29, 1.82) is 0 Å². The van der Waals surface area contributed by atoms with Crippen molar-refractivity contribution in [3.8, 4) is 50.6 Å². The summed E-state index contributed by atoms with van der Waals surface area (Å²) in [5.41, 5.74) is 12.7. The van der Waals surface area contributed by atoms with Gasteiger partial charge in [0.15, 0.2) is 11.5 Å². The molecule has 106 heavy (non-hydrogen) atoms. The number of aliphatic hydroxyl groups excluding tert-OH is 1. The molecule has 0 radical (unpaired) electrons. The van der Waals surface area contributed by atoms with Crippen LogP contribution in [-0.2, 0) is 73.8 Å². The van der Waals surface area contributed by atoms with E-state index in [2.05, 4.69) is 50.0 Å². The molecule has 24 heteroatoms. The van der Waals surface area contributed by atoms with Crippen LogP contribution < -0.4 is 34.9 Å². The summed E-state index contributed by atoms with van der Waals surface area (Å²) in [6.07, 6.45) is 6.13. The highest BCUT2D eigenvalue weighted by molar-refractivity contribution is 7.89. The van der Waals surface area contributed by atoms with Crippen molar-refractivity contribution in [1.82, 2.24) is 28.9 Å². The summed E-state index contributed by atoms with van der Waals surface area (Å²) in [4.78, 5) is 53.9. The van der Waals surface area contributed by atoms with Crippen LogP contribution in [0.3, 0.4) is 0 Å². The third kappa shape index (κ3) is 16.1. The maximum atomic E-state index is 13.4. The zero-order valence-electron chi connectivity index (χ0n) is 60.5. The zero-order chi connectivity index (χ0) is 75.1. The summed E-state index contributed by atoms with van der Waals surface area (Å²) in [6, 6.07) is 61.4. The van der Waals surface area contributed by atoms with Crippen molar-refractivity contribution in [3.05, 3.63) is 228 Å². The van der Waals surface area contributed by atoms with Gasteiger partial charge in [-0.1, -0.05) is 108 Å². The second-order valence-corrected chi connectivity index (χ2v) is 31.0. The van der Waals surface area contributed by atoms with Crippen LogP contribution in [0.5, 0.6) is 17.2 Å². The predicted molar refractivity (Wildman–Crippen MR) is 419 cm³/mol. The van der Waals surface area contributed by atoms with E-state index in [1.807, 2.05) is 147 Å². The van der Waals surface area contributed by atoms with Crippen LogP contribution in [0.25, 0.3) is 44.4 Å². The van der Waals surface area contributed by atoms with Gasteiger partial charge < -0.3 is 44.9 Å². The first kappa shape index (κ1) is 75.1. The number of amides is 4. The summed E-state index contributed by atoms with van der Waals surface area (Å²) >= 11 is 0. The summed E-state index contributed by atoms with van der Waals surface area (Å²) in [6.45, 7) is 2.89. The molecule has 9 aromatic carbocycles. The first-order valence-corrected chi connectivity index (χ1v) is 37.9. The molecule has 4 aliphatic rings. The Morgan fingerprint density at radius 3 is 1.64 bits per heavy atom. The number of hydrogen-bond donors (Lipinski definition) is 5. The van der Waals surface area contributed by atoms with Crippen LogP contribution in [0.2, 0.25) is 0 Å². The van der Waals surface area contributed by atoms with Crippen LogP contribution in [0.15, 0.2) is 210 Å². The SMILES string of the molecule is CNS(=O)(=O)c1ccc(-c2cccc(NC(=O)C3(c4ccc5c(c4)nnn5C)CC3)c2)cc1.COCC(=O)N(C)Cc1ccc(-c2cc(NC(=O)C3(c4cccc(OC)c4)CC3)ccc2C)cc1.COc1ccc(C2(C(=O)Nc3cccc(-c4ccc(S(=O)(=O)N5CCC[C@@H]5CO)cc4)c3)CC2)cc1OC.[HH].[HH].[HH].[HH].[HH]. The topological polar surface area (TPSA) is 279 Å². The molecule has 4 amide bonds.